The molecular weight excluding hydrogens is 328 g/mol. The fourth-order valence-corrected chi connectivity index (χ4v) is 2.77. The molecule has 1 aromatic heterocycles. The third-order valence-electron chi connectivity index (χ3n) is 4.23. The molecule has 0 aliphatic rings. The van der Waals surface area contributed by atoms with Crippen LogP contribution < -0.4 is 16.3 Å². The van der Waals surface area contributed by atoms with Gasteiger partial charge in [0.15, 0.2) is 5.69 Å². The highest BCUT2D eigenvalue weighted by molar-refractivity contribution is 6.08. The first-order chi connectivity index (χ1) is 12.6. The van der Waals surface area contributed by atoms with E-state index in [0.717, 1.165) is 23.8 Å². The number of carbonyl (C=O) groups excluding carboxylic acids is 1. The lowest BCUT2D eigenvalue weighted by atomic mass is 10.1. The van der Waals surface area contributed by atoms with E-state index in [1.165, 1.54) is 0 Å². The average Bonchev–Trinajstić information content (AvgIpc) is 2.67. The Morgan fingerprint density at radius 2 is 1.73 bits per heavy atom. The smallest absolute Gasteiger partial charge is 0.362 e. The van der Waals surface area contributed by atoms with E-state index >= 15 is 0 Å². The van der Waals surface area contributed by atoms with Crippen LogP contribution in [-0.2, 0) is 6.42 Å². The number of hydrogen-bond donors (Lipinski definition) is 2. The molecule has 0 spiro atoms. The molecule has 0 bridgehead atoms. The number of rotatable bonds is 6. The second-order valence-electron chi connectivity index (χ2n) is 6.07. The zero-order chi connectivity index (χ0) is 18.5. The predicted molar refractivity (Wildman–Crippen MR) is 105 cm³/mol. The molecule has 0 saturated carbocycles. The molecule has 0 saturated heterocycles. The van der Waals surface area contributed by atoms with Gasteiger partial charge in [-0.2, -0.15) is 0 Å². The van der Waals surface area contributed by atoms with Crippen molar-refractivity contribution in [1.29, 1.82) is 0 Å². The molecule has 0 unspecified atom stereocenters. The molecule has 3 rings (SSSR count). The fraction of sp³-hybridized carbons (Fsp3) is 0.238. The first-order valence-corrected chi connectivity index (χ1v) is 8.84. The van der Waals surface area contributed by atoms with Gasteiger partial charge in [-0.3, -0.25) is 4.79 Å². The minimum atomic E-state index is -0.569. The Bertz CT molecular complexity index is 975. The SMILES string of the molecule is CCCNc1c(NC(=O)c2ccc(CC)cc2)c(=O)oc2ccccc12. The Kier molecular flexibility index (Phi) is 5.37. The summed E-state index contributed by atoms with van der Waals surface area (Å²) < 4.78 is 5.38. The van der Waals surface area contributed by atoms with Crippen molar-refractivity contribution in [2.75, 3.05) is 17.2 Å². The van der Waals surface area contributed by atoms with Gasteiger partial charge in [0.25, 0.3) is 5.91 Å². The predicted octanol–water partition coefficient (Wildman–Crippen LogP) is 4.43. The number of para-hydroxylation sites is 1. The van der Waals surface area contributed by atoms with Crippen LogP contribution in [0.25, 0.3) is 11.0 Å². The molecule has 0 aliphatic heterocycles. The highest BCUT2D eigenvalue weighted by Gasteiger charge is 2.17. The van der Waals surface area contributed by atoms with Gasteiger partial charge in [0, 0.05) is 17.5 Å². The zero-order valence-electron chi connectivity index (χ0n) is 15.0. The monoisotopic (exact) mass is 350 g/mol. The van der Waals surface area contributed by atoms with Crippen molar-refractivity contribution in [2.24, 2.45) is 0 Å². The van der Waals surface area contributed by atoms with E-state index < -0.39 is 5.63 Å². The lowest BCUT2D eigenvalue weighted by Crippen LogP contribution is -2.20. The lowest BCUT2D eigenvalue weighted by molar-refractivity contribution is 0.102. The molecule has 1 amide bonds. The van der Waals surface area contributed by atoms with Gasteiger partial charge in [-0.15, -0.1) is 0 Å². The Morgan fingerprint density at radius 3 is 2.42 bits per heavy atom. The first kappa shape index (κ1) is 17.7. The van der Waals surface area contributed by atoms with Crippen molar-refractivity contribution < 1.29 is 9.21 Å². The third kappa shape index (κ3) is 3.61. The van der Waals surface area contributed by atoms with Crippen LogP contribution in [0.5, 0.6) is 0 Å². The summed E-state index contributed by atoms with van der Waals surface area (Å²) in [5.41, 5.74) is 2.30. The number of hydrogen-bond acceptors (Lipinski definition) is 4. The van der Waals surface area contributed by atoms with Gasteiger partial charge >= 0.3 is 5.63 Å². The van der Waals surface area contributed by atoms with Crippen LogP contribution in [0.4, 0.5) is 11.4 Å². The number of aryl methyl sites for hydroxylation is 1. The molecule has 3 aromatic rings. The molecule has 5 heteroatoms. The maximum Gasteiger partial charge on any atom is 0.362 e. The summed E-state index contributed by atoms with van der Waals surface area (Å²) in [6.45, 7) is 4.77. The summed E-state index contributed by atoms with van der Waals surface area (Å²) in [7, 11) is 0. The third-order valence-corrected chi connectivity index (χ3v) is 4.23. The Hall–Kier alpha value is -3.08. The minimum Gasteiger partial charge on any atom is -0.421 e. The van der Waals surface area contributed by atoms with Gasteiger partial charge in [-0.05, 0) is 42.7 Å². The number of anilines is 2. The number of nitrogens with one attached hydrogen (secondary N) is 2. The van der Waals surface area contributed by atoms with E-state index in [1.807, 2.05) is 37.3 Å². The van der Waals surface area contributed by atoms with Gasteiger partial charge in [-0.25, -0.2) is 4.79 Å². The van der Waals surface area contributed by atoms with Gasteiger partial charge in [-0.1, -0.05) is 38.1 Å². The summed E-state index contributed by atoms with van der Waals surface area (Å²) >= 11 is 0. The maximum absolute atomic E-state index is 12.6. The van der Waals surface area contributed by atoms with Crippen molar-refractivity contribution in [3.8, 4) is 0 Å². The normalized spacial score (nSPS) is 10.7. The zero-order valence-corrected chi connectivity index (χ0v) is 15.0. The summed E-state index contributed by atoms with van der Waals surface area (Å²) in [6.07, 6.45) is 1.79. The van der Waals surface area contributed by atoms with Crippen LogP contribution in [0, 0.1) is 0 Å². The van der Waals surface area contributed by atoms with E-state index in [-0.39, 0.29) is 11.6 Å². The Labute approximate surface area is 152 Å². The standard InChI is InChI=1S/C21H22N2O3/c1-3-13-22-18-16-7-5-6-8-17(16)26-21(25)19(18)23-20(24)15-11-9-14(4-2)10-12-15/h5-12,22H,3-4,13H2,1-2H3,(H,23,24). The van der Waals surface area contributed by atoms with Crippen LogP contribution in [0.2, 0.25) is 0 Å². The summed E-state index contributed by atoms with van der Waals surface area (Å²) in [4.78, 5) is 25.1. The van der Waals surface area contributed by atoms with Crippen LogP contribution in [0.15, 0.2) is 57.7 Å². The fourth-order valence-electron chi connectivity index (χ4n) is 2.77. The molecule has 1 heterocycles. The summed E-state index contributed by atoms with van der Waals surface area (Å²) in [6, 6.07) is 14.6. The van der Waals surface area contributed by atoms with Crippen molar-refractivity contribution in [1.82, 2.24) is 0 Å². The van der Waals surface area contributed by atoms with E-state index in [4.69, 9.17) is 4.42 Å². The molecule has 0 radical (unpaired) electrons. The van der Waals surface area contributed by atoms with Crippen molar-refractivity contribution in [3.63, 3.8) is 0 Å². The van der Waals surface area contributed by atoms with Crippen LogP contribution in [0.3, 0.4) is 0 Å². The lowest BCUT2D eigenvalue weighted by Gasteiger charge is -2.14. The number of carbonyl (C=O) groups is 1. The van der Waals surface area contributed by atoms with Crippen molar-refractivity contribution >= 4 is 28.3 Å². The van der Waals surface area contributed by atoms with E-state index in [0.29, 0.717) is 23.4 Å². The van der Waals surface area contributed by atoms with Crippen LogP contribution >= 0.6 is 0 Å². The van der Waals surface area contributed by atoms with Crippen molar-refractivity contribution in [2.45, 2.75) is 26.7 Å². The molecular formula is C21H22N2O3. The Morgan fingerprint density at radius 1 is 1.00 bits per heavy atom. The number of benzene rings is 2. The van der Waals surface area contributed by atoms with Gasteiger partial charge in [0.2, 0.25) is 0 Å². The maximum atomic E-state index is 12.6. The first-order valence-electron chi connectivity index (χ1n) is 8.84. The molecule has 0 atom stereocenters. The van der Waals surface area contributed by atoms with Gasteiger partial charge < -0.3 is 15.1 Å². The largest absolute Gasteiger partial charge is 0.421 e. The molecule has 134 valence electrons. The number of fused-ring (bicyclic) bond motifs is 1. The molecule has 0 aliphatic carbocycles. The Balaban J connectivity index is 2.01. The molecule has 5 nitrogen and oxygen atoms in total. The van der Waals surface area contributed by atoms with Gasteiger partial charge in [0.05, 0.1) is 5.69 Å². The highest BCUT2D eigenvalue weighted by atomic mass is 16.4. The number of amides is 1. The average molecular weight is 350 g/mol. The van der Waals surface area contributed by atoms with Crippen molar-refractivity contribution in [3.05, 3.63) is 70.1 Å². The second-order valence-corrected chi connectivity index (χ2v) is 6.07. The van der Waals surface area contributed by atoms with E-state index in [1.54, 1.807) is 18.2 Å². The van der Waals surface area contributed by atoms with E-state index in [9.17, 15) is 9.59 Å². The molecule has 2 N–H and O–H groups in total. The molecule has 0 fully saturated rings. The molecule has 2 aromatic carbocycles. The second kappa shape index (κ2) is 7.87. The quantitative estimate of drug-likeness (QED) is 0.645. The van der Waals surface area contributed by atoms with Crippen LogP contribution in [0.1, 0.15) is 36.2 Å². The van der Waals surface area contributed by atoms with Crippen LogP contribution in [-0.4, -0.2) is 12.5 Å². The van der Waals surface area contributed by atoms with E-state index in [2.05, 4.69) is 17.6 Å². The summed E-state index contributed by atoms with van der Waals surface area (Å²) in [5.74, 6) is -0.338. The minimum absolute atomic E-state index is 0.140. The summed E-state index contributed by atoms with van der Waals surface area (Å²) in [5, 5.41) is 6.73. The molecule has 26 heavy (non-hydrogen) atoms. The topological polar surface area (TPSA) is 71.3 Å². The van der Waals surface area contributed by atoms with Gasteiger partial charge in [0.1, 0.15) is 5.58 Å². The highest BCUT2D eigenvalue weighted by Crippen LogP contribution is 2.28.